The first-order chi connectivity index (χ1) is 31.6. The molecule has 0 N–H and O–H groups in total. The summed E-state index contributed by atoms with van der Waals surface area (Å²) in [5.41, 5.74) is 22.0. The van der Waals surface area contributed by atoms with Crippen molar-refractivity contribution in [2.24, 2.45) is 11.8 Å². The van der Waals surface area contributed by atoms with Crippen molar-refractivity contribution in [1.82, 2.24) is 4.57 Å². The third-order valence-electron chi connectivity index (χ3n) is 14.4. The van der Waals surface area contributed by atoms with Gasteiger partial charge in [-0.2, -0.15) is 0 Å². The Kier molecular flexibility index (Phi) is 9.05. The third kappa shape index (κ3) is 5.65. The molecule has 308 valence electrons. The molecule has 1 heterocycles. The molecule has 0 radical (unpaired) electrons. The lowest BCUT2D eigenvalue weighted by molar-refractivity contribution is 0.624. The molecule has 12 rings (SSSR count). The number of rotatable bonds is 7. The van der Waals surface area contributed by atoms with E-state index in [0.717, 1.165) is 12.8 Å². The van der Waals surface area contributed by atoms with E-state index >= 15 is 0 Å². The van der Waals surface area contributed by atoms with Crippen LogP contribution in [0.15, 0.2) is 235 Å². The lowest BCUT2D eigenvalue weighted by atomic mass is 9.67. The molecule has 0 amide bonds. The predicted molar refractivity (Wildman–Crippen MR) is 270 cm³/mol. The molecular weight excluding hydrogens is 773 g/mol. The molecule has 1 spiro atoms. The van der Waals surface area contributed by atoms with Gasteiger partial charge in [0, 0.05) is 45.0 Å². The Labute approximate surface area is 376 Å². The summed E-state index contributed by atoms with van der Waals surface area (Å²) >= 11 is 0. The fraction of sp³-hybridized carbons (Fsp3) is 0.129. The van der Waals surface area contributed by atoms with Crippen LogP contribution in [0.2, 0.25) is 0 Å². The summed E-state index contributed by atoms with van der Waals surface area (Å²) in [6, 6.07) is 63.5. The summed E-state index contributed by atoms with van der Waals surface area (Å²) in [5.74, 6) is 0.606. The summed E-state index contributed by atoms with van der Waals surface area (Å²) in [7, 11) is 0. The molecule has 0 fully saturated rings. The highest BCUT2D eigenvalue weighted by Gasteiger charge is 2.54. The summed E-state index contributed by atoms with van der Waals surface area (Å²) < 4.78 is 2.39. The maximum absolute atomic E-state index is 2.62. The first kappa shape index (κ1) is 38.3. The van der Waals surface area contributed by atoms with Gasteiger partial charge in [-0.25, -0.2) is 0 Å². The molecule has 2 unspecified atom stereocenters. The van der Waals surface area contributed by atoms with E-state index in [4.69, 9.17) is 0 Å². The van der Waals surface area contributed by atoms with Gasteiger partial charge < -0.3 is 9.47 Å². The minimum Gasteiger partial charge on any atom is -0.314 e. The van der Waals surface area contributed by atoms with Gasteiger partial charge in [-0.1, -0.05) is 171 Å². The van der Waals surface area contributed by atoms with E-state index in [9.17, 15) is 0 Å². The standard InChI is InChI=1S/C62H50N2/c1-4-18-42(5-2)44-19-17-22-48(39-44)63(47-34-31-43(32-35-47)45-33-36-59-53(40-45)51-25-12-16-30-58(51)64(59)46-20-7-6-8-21-46)60-38-41(3)37-57-61(60)52-26-11-15-29-56(52)62(57)54-27-13-9-23-49(54)50-24-10-14-28-55(50)62/h4-36,38,40-41,44H,37,39H2,1-3H3/b18-4-,42-5+. The molecule has 7 aromatic carbocycles. The van der Waals surface area contributed by atoms with Crippen LogP contribution in [0.25, 0.3) is 55.3 Å². The normalized spacial score (nSPS) is 18.3. The van der Waals surface area contributed by atoms with E-state index in [1.807, 2.05) is 0 Å². The Morgan fingerprint density at radius 2 is 1.25 bits per heavy atom. The van der Waals surface area contributed by atoms with Crippen molar-refractivity contribution in [2.75, 3.05) is 4.90 Å². The number of benzene rings is 7. The largest absolute Gasteiger partial charge is 0.314 e. The third-order valence-corrected chi connectivity index (χ3v) is 14.4. The quantitative estimate of drug-likeness (QED) is 0.145. The maximum atomic E-state index is 2.62. The van der Waals surface area contributed by atoms with E-state index < -0.39 is 0 Å². The van der Waals surface area contributed by atoms with E-state index in [1.54, 1.807) is 0 Å². The molecule has 0 aliphatic heterocycles. The van der Waals surface area contributed by atoms with Crippen LogP contribution in [0, 0.1) is 11.8 Å². The van der Waals surface area contributed by atoms with Gasteiger partial charge in [0.05, 0.1) is 16.4 Å². The molecule has 1 aromatic heterocycles. The number of para-hydroxylation sites is 2. The van der Waals surface area contributed by atoms with E-state index in [2.05, 4.69) is 243 Å². The second kappa shape index (κ2) is 15.1. The van der Waals surface area contributed by atoms with Crippen LogP contribution in [0.3, 0.4) is 0 Å². The van der Waals surface area contributed by atoms with Crippen molar-refractivity contribution in [3.63, 3.8) is 0 Å². The number of hydrogen-bond donors (Lipinski definition) is 0. The van der Waals surface area contributed by atoms with Gasteiger partial charge in [0.2, 0.25) is 0 Å². The summed E-state index contributed by atoms with van der Waals surface area (Å²) in [6.07, 6.45) is 18.2. The fourth-order valence-electron chi connectivity index (χ4n) is 11.8. The van der Waals surface area contributed by atoms with Gasteiger partial charge in [0.15, 0.2) is 0 Å². The Bertz CT molecular complexity index is 3320. The highest BCUT2D eigenvalue weighted by molar-refractivity contribution is 6.10. The number of allylic oxidation sites excluding steroid dienone is 11. The number of anilines is 1. The van der Waals surface area contributed by atoms with Crippen molar-refractivity contribution in [2.45, 2.75) is 39.0 Å². The van der Waals surface area contributed by atoms with Crippen molar-refractivity contribution < 1.29 is 0 Å². The first-order valence-corrected chi connectivity index (χ1v) is 23.0. The van der Waals surface area contributed by atoms with Crippen LogP contribution < -0.4 is 4.90 Å². The zero-order valence-corrected chi connectivity index (χ0v) is 36.7. The Morgan fingerprint density at radius 1 is 0.625 bits per heavy atom. The lowest BCUT2D eigenvalue weighted by Crippen LogP contribution is -2.31. The molecule has 0 bridgehead atoms. The Hall–Kier alpha value is -7.42. The molecule has 2 heteroatoms. The average Bonchev–Trinajstić information content (AvgIpc) is 3.95. The average molecular weight is 823 g/mol. The van der Waals surface area contributed by atoms with E-state index in [1.165, 1.54) is 106 Å². The number of aromatic nitrogens is 1. The summed E-state index contributed by atoms with van der Waals surface area (Å²) in [4.78, 5) is 2.62. The molecule has 64 heavy (non-hydrogen) atoms. The number of nitrogens with zero attached hydrogens (tertiary/aromatic N) is 2. The zero-order valence-electron chi connectivity index (χ0n) is 36.7. The smallest absolute Gasteiger partial charge is 0.0689 e. The van der Waals surface area contributed by atoms with E-state index in [-0.39, 0.29) is 11.3 Å². The van der Waals surface area contributed by atoms with Gasteiger partial charge in [-0.05, 0) is 137 Å². The fourth-order valence-corrected chi connectivity index (χ4v) is 11.8. The van der Waals surface area contributed by atoms with Crippen LogP contribution in [-0.2, 0) is 5.41 Å². The van der Waals surface area contributed by atoms with Crippen LogP contribution in [0.5, 0.6) is 0 Å². The zero-order chi connectivity index (χ0) is 42.9. The highest BCUT2D eigenvalue weighted by Crippen LogP contribution is 2.65. The molecule has 0 saturated carbocycles. The SMILES string of the molecule is C/C=C\C(=C/C)C1C=CC=C(N(C2=CC(C)CC3=C2c2ccccc2C32c3ccccc3-c3ccccc32)c2ccc(-c3ccc4c(c3)c3ccccc3n4-c3ccccc3)cc2)C1. The van der Waals surface area contributed by atoms with Crippen molar-refractivity contribution in [1.29, 1.82) is 0 Å². The minimum absolute atomic E-state index is 0.276. The Morgan fingerprint density at radius 3 is 1.97 bits per heavy atom. The van der Waals surface area contributed by atoms with Gasteiger partial charge in [-0.3, -0.25) is 0 Å². The maximum Gasteiger partial charge on any atom is 0.0689 e. The topological polar surface area (TPSA) is 8.17 Å². The molecule has 4 aliphatic rings. The second-order valence-electron chi connectivity index (χ2n) is 17.9. The summed E-state index contributed by atoms with van der Waals surface area (Å²) in [6.45, 7) is 6.71. The molecule has 2 nitrogen and oxygen atoms in total. The van der Waals surface area contributed by atoms with Crippen LogP contribution >= 0.6 is 0 Å². The second-order valence-corrected chi connectivity index (χ2v) is 17.9. The van der Waals surface area contributed by atoms with Crippen molar-refractivity contribution in [3.05, 3.63) is 257 Å². The highest BCUT2D eigenvalue weighted by atomic mass is 15.2. The van der Waals surface area contributed by atoms with E-state index in [0.29, 0.717) is 5.92 Å². The van der Waals surface area contributed by atoms with Gasteiger partial charge in [0.1, 0.15) is 0 Å². The molecule has 4 aliphatic carbocycles. The molecular formula is C62H50N2. The number of fused-ring (bicyclic) bond motifs is 12. The van der Waals surface area contributed by atoms with Gasteiger partial charge in [0.25, 0.3) is 0 Å². The van der Waals surface area contributed by atoms with Crippen molar-refractivity contribution in [3.8, 4) is 27.9 Å². The first-order valence-electron chi connectivity index (χ1n) is 23.0. The van der Waals surface area contributed by atoms with Crippen LogP contribution in [0.4, 0.5) is 5.69 Å². The van der Waals surface area contributed by atoms with Crippen molar-refractivity contribution >= 4 is 33.1 Å². The molecule has 2 atom stereocenters. The summed E-state index contributed by atoms with van der Waals surface area (Å²) in [5, 5.41) is 2.53. The monoisotopic (exact) mass is 822 g/mol. The number of hydrogen-bond acceptors (Lipinski definition) is 1. The predicted octanol–water partition coefficient (Wildman–Crippen LogP) is 15.9. The molecule has 0 saturated heterocycles. The van der Waals surface area contributed by atoms with Crippen LogP contribution in [-0.4, -0.2) is 4.57 Å². The lowest BCUT2D eigenvalue weighted by Gasteiger charge is -2.39. The van der Waals surface area contributed by atoms with Crippen LogP contribution in [0.1, 0.15) is 55.9 Å². The Balaban J connectivity index is 1.03. The van der Waals surface area contributed by atoms with Gasteiger partial charge >= 0.3 is 0 Å². The molecule has 8 aromatic rings. The minimum atomic E-state index is -0.349. The van der Waals surface area contributed by atoms with Gasteiger partial charge in [-0.15, -0.1) is 0 Å².